The summed E-state index contributed by atoms with van der Waals surface area (Å²) < 4.78 is 26.8. The number of aliphatic imine (C=N–C) groups is 1. The van der Waals surface area contributed by atoms with Crippen molar-refractivity contribution in [3.63, 3.8) is 0 Å². The van der Waals surface area contributed by atoms with Crippen molar-refractivity contribution in [1.29, 1.82) is 0 Å². The summed E-state index contributed by atoms with van der Waals surface area (Å²) in [5.74, 6) is 1.99. The van der Waals surface area contributed by atoms with Crippen LogP contribution in [0.15, 0.2) is 166 Å². The molecule has 59 heavy (non-hydrogen) atoms. The van der Waals surface area contributed by atoms with Gasteiger partial charge >= 0.3 is 0 Å². The zero-order valence-electron chi connectivity index (χ0n) is 32.4. The minimum atomic E-state index is -1.38. The van der Waals surface area contributed by atoms with Crippen LogP contribution in [-0.4, -0.2) is 42.2 Å². The molecule has 0 radical (unpaired) electrons. The Bertz CT molecular complexity index is 2290. The molecule has 11 heteroatoms. The van der Waals surface area contributed by atoms with Crippen LogP contribution in [0.1, 0.15) is 45.9 Å². The molecule has 7 rings (SSSR count). The zero-order valence-corrected chi connectivity index (χ0v) is 35.5. The van der Waals surface area contributed by atoms with E-state index in [9.17, 15) is 4.79 Å². The van der Waals surface area contributed by atoms with Crippen LogP contribution in [0, 0.1) is 0 Å². The van der Waals surface area contributed by atoms with Crippen molar-refractivity contribution in [2.45, 2.75) is 44.1 Å². The van der Waals surface area contributed by atoms with Gasteiger partial charge in [-0.3, -0.25) is 10.2 Å². The molecule has 1 amide bonds. The van der Waals surface area contributed by atoms with E-state index in [0.29, 0.717) is 67.9 Å². The molecular weight excluding hydrogens is 874 g/mol. The minimum Gasteiger partial charge on any atom is -0.494 e. The zero-order chi connectivity index (χ0) is 40.9. The highest BCUT2D eigenvalue weighted by molar-refractivity contribution is 9.10. The molecule has 6 aromatic carbocycles. The summed E-state index contributed by atoms with van der Waals surface area (Å²) in [6.07, 6.45) is 0.653. The SMILES string of the molecule is O=C(NNCCc1ccc(OCc2ccccc2)c(OCc2ccccc2)c1)[C@@]1(Cc2ccc(Br)cc2)N=C(c2ccc(OCCCO)cc2)O[C@H]1c1ccc(Br)cc1. The molecule has 0 aliphatic carbocycles. The fraction of sp³-hybridized carbons (Fsp3) is 0.208. The monoisotopic (exact) mass is 917 g/mol. The molecule has 1 heterocycles. The van der Waals surface area contributed by atoms with Crippen molar-refractivity contribution >= 4 is 43.7 Å². The third kappa shape index (κ3) is 11.2. The van der Waals surface area contributed by atoms with Gasteiger partial charge < -0.3 is 24.1 Å². The Kier molecular flexibility index (Phi) is 14.5. The maximum Gasteiger partial charge on any atom is 0.266 e. The topological polar surface area (TPSA) is 111 Å². The van der Waals surface area contributed by atoms with Crippen LogP contribution in [0.2, 0.25) is 0 Å². The van der Waals surface area contributed by atoms with Crippen molar-refractivity contribution in [3.8, 4) is 17.2 Å². The molecule has 0 bridgehead atoms. The van der Waals surface area contributed by atoms with E-state index in [4.69, 9.17) is 29.0 Å². The number of nitrogens with one attached hydrogen (secondary N) is 2. The molecule has 2 atom stereocenters. The summed E-state index contributed by atoms with van der Waals surface area (Å²) in [4.78, 5) is 19.9. The van der Waals surface area contributed by atoms with Crippen LogP contribution < -0.4 is 25.1 Å². The smallest absolute Gasteiger partial charge is 0.266 e. The van der Waals surface area contributed by atoms with Crippen LogP contribution in [-0.2, 0) is 35.6 Å². The Labute approximate surface area is 361 Å². The first-order valence-electron chi connectivity index (χ1n) is 19.5. The highest BCUT2D eigenvalue weighted by Gasteiger charge is 2.53. The van der Waals surface area contributed by atoms with E-state index in [2.05, 4.69) is 42.7 Å². The van der Waals surface area contributed by atoms with Gasteiger partial charge in [0.25, 0.3) is 5.91 Å². The van der Waals surface area contributed by atoms with E-state index >= 15 is 0 Å². The van der Waals surface area contributed by atoms with E-state index in [1.165, 1.54) is 0 Å². The number of rotatable bonds is 19. The number of carbonyl (C=O) groups is 1. The van der Waals surface area contributed by atoms with Gasteiger partial charge in [-0.1, -0.05) is 123 Å². The Morgan fingerprint density at radius 1 is 0.695 bits per heavy atom. The lowest BCUT2D eigenvalue weighted by Gasteiger charge is -2.31. The molecule has 0 fully saturated rings. The Morgan fingerprint density at radius 2 is 1.31 bits per heavy atom. The average Bonchev–Trinajstić information content (AvgIpc) is 3.66. The average molecular weight is 920 g/mol. The number of benzene rings is 6. The van der Waals surface area contributed by atoms with E-state index in [0.717, 1.165) is 36.8 Å². The van der Waals surface area contributed by atoms with Gasteiger partial charge in [-0.15, -0.1) is 0 Å². The van der Waals surface area contributed by atoms with Gasteiger partial charge in [0.2, 0.25) is 5.90 Å². The first kappa shape index (κ1) is 41.7. The Morgan fingerprint density at radius 3 is 1.95 bits per heavy atom. The number of aliphatic hydroxyl groups excluding tert-OH is 1. The first-order valence-corrected chi connectivity index (χ1v) is 21.1. The number of carbonyl (C=O) groups excluding carboxylic acids is 1. The molecule has 9 nitrogen and oxygen atoms in total. The van der Waals surface area contributed by atoms with Gasteiger partial charge in [0.15, 0.2) is 23.1 Å². The summed E-state index contributed by atoms with van der Waals surface area (Å²) in [5, 5.41) is 9.15. The van der Waals surface area contributed by atoms with Gasteiger partial charge in [0.1, 0.15) is 19.0 Å². The fourth-order valence-electron chi connectivity index (χ4n) is 6.70. The molecule has 6 aromatic rings. The lowest BCUT2D eigenvalue weighted by molar-refractivity contribution is -0.130. The molecule has 0 saturated heterocycles. The lowest BCUT2D eigenvalue weighted by atomic mass is 9.82. The molecule has 0 aromatic heterocycles. The predicted molar refractivity (Wildman–Crippen MR) is 237 cm³/mol. The number of hydrazine groups is 1. The molecule has 0 unspecified atom stereocenters. The maximum absolute atomic E-state index is 14.7. The van der Waals surface area contributed by atoms with Crippen molar-refractivity contribution in [2.75, 3.05) is 19.8 Å². The van der Waals surface area contributed by atoms with E-state index in [1.807, 2.05) is 152 Å². The third-order valence-corrected chi connectivity index (χ3v) is 10.9. The molecule has 302 valence electrons. The van der Waals surface area contributed by atoms with Gasteiger partial charge in [-0.25, -0.2) is 10.4 Å². The van der Waals surface area contributed by atoms with Gasteiger partial charge in [0, 0.05) is 40.5 Å². The summed E-state index contributed by atoms with van der Waals surface area (Å²) in [6, 6.07) is 49.1. The van der Waals surface area contributed by atoms with E-state index in [-0.39, 0.29) is 18.9 Å². The summed E-state index contributed by atoms with van der Waals surface area (Å²) in [5.41, 5.74) is 10.4. The first-order chi connectivity index (χ1) is 28.9. The van der Waals surface area contributed by atoms with Gasteiger partial charge in [-0.05, 0) is 94.9 Å². The summed E-state index contributed by atoms with van der Waals surface area (Å²) in [6.45, 7) is 1.70. The van der Waals surface area contributed by atoms with Crippen LogP contribution in [0.3, 0.4) is 0 Å². The molecule has 0 spiro atoms. The summed E-state index contributed by atoms with van der Waals surface area (Å²) >= 11 is 7.10. The number of amides is 1. The molecule has 3 N–H and O–H groups in total. The van der Waals surface area contributed by atoms with Gasteiger partial charge in [0.05, 0.1) is 6.61 Å². The van der Waals surface area contributed by atoms with Crippen LogP contribution in [0.4, 0.5) is 0 Å². The third-order valence-electron chi connectivity index (χ3n) is 9.81. The second-order valence-electron chi connectivity index (χ2n) is 14.1. The largest absolute Gasteiger partial charge is 0.494 e. The number of aliphatic hydroxyl groups is 1. The lowest BCUT2D eigenvalue weighted by Crippen LogP contribution is -2.54. The molecule has 1 aliphatic rings. The number of hydrogen-bond acceptors (Lipinski definition) is 8. The normalized spacial score (nSPS) is 15.8. The second kappa shape index (κ2) is 20.5. The fourth-order valence-corrected chi connectivity index (χ4v) is 7.23. The number of hydrogen-bond donors (Lipinski definition) is 3. The maximum atomic E-state index is 14.7. The highest BCUT2D eigenvalue weighted by atomic mass is 79.9. The standard InChI is InChI=1S/C48H45Br2N3O6/c49-40-19-12-35(13-20-40)31-48(45(38-15-21-41(50)22-16-38)59-46(52-48)39-17-23-42(24-18-39)56-29-7-28-54)47(55)53-51-27-26-34-14-25-43(57-32-36-8-3-1-4-9-36)44(30-34)58-33-37-10-5-2-6-11-37/h1-6,8-25,30,45,51,54H,7,26-29,31-33H2,(H,53,55)/t45-,48-/m0/s1. The van der Waals surface area contributed by atoms with Crippen LogP contribution in [0.25, 0.3) is 0 Å². The van der Waals surface area contributed by atoms with Crippen molar-refractivity contribution in [2.24, 2.45) is 4.99 Å². The highest BCUT2D eigenvalue weighted by Crippen LogP contribution is 2.43. The van der Waals surface area contributed by atoms with Crippen LogP contribution in [0.5, 0.6) is 17.2 Å². The molecular formula is C48H45Br2N3O6. The van der Waals surface area contributed by atoms with Gasteiger partial charge in [-0.2, -0.15) is 0 Å². The van der Waals surface area contributed by atoms with E-state index < -0.39 is 11.6 Å². The number of halogens is 2. The van der Waals surface area contributed by atoms with E-state index in [1.54, 1.807) is 0 Å². The van der Waals surface area contributed by atoms with Crippen molar-refractivity contribution in [3.05, 3.63) is 194 Å². The molecule has 1 aliphatic heterocycles. The second-order valence-corrected chi connectivity index (χ2v) is 15.9. The predicted octanol–water partition coefficient (Wildman–Crippen LogP) is 9.49. The number of nitrogens with zero attached hydrogens (tertiary/aromatic N) is 1. The van der Waals surface area contributed by atoms with Crippen LogP contribution >= 0.6 is 31.9 Å². The summed E-state index contributed by atoms with van der Waals surface area (Å²) in [7, 11) is 0. The minimum absolute atomic E-state index is 0.0563. The number of ether oxygens (including phenoxy) is 4. The quantitative estimate of drug-likeness (QED) is 0.0549. The molecule has 0 saturated carbocycles. The van der Waals surface area contributed by atoms with Crippen molar-refractivity contribution in [1.82, 2.24) is 10.9 Å². The Hall–Kier alpha value is -5.46. The Balaban J connectivity index is 1.11. The van der Waals surface area contributed by atoms with Crippen molar-refractivity contribution < 1.29 is 28.8 Å².